The average molecular weight is 428 g/mol. The highest BCUT2D eigenvalue weighted by atomic mass is 16.4. The first kappa shape index (κ1) is 28.1. The number of carboxylic acids is 3. The summed E-state index contributed by atoms with van der Waals surface area (Å²) in [6, 6.07) is 0. The van der Waals surface area contributed by atoms with Crippen LogP contribution in [0.2, 0.25) is 0 Å². The van der Waals surface area contributed by atoms with E-state index >= 15 is 0 Å². The van der Waals surface area contributed by atoms with Crippen LogP contribution in [0.5, 0.6) is 0 Å². The lowest BCUT2D eigenvalue weighted by Gasteiger charge is -2.39. The molecule has 0 aliphatic heterocycles. The van der Waals surface area contributed by atoms with Crippen molar-refractivity contribution in [3.8, 4) is 0 Å². The van der Waals surface area contributed by atoms with Gasteiger partial charge in [0.15, 0.2) is 0 Å². The van der Waals surface area contributed by atoms with Gasteiger partial charge in [0, 0.05) is 25.2 Å². The fraction of sp³-hybridized carbons (Fsp3) is 0.783. The molecule has 0 rings (SSSR count). The molecule has 30 heavy (non-hydrogen) atoms. The van der Waals surface area contributed by atoms with E-state index in [1.54, 1.807) is 0 Å². The van der Waals surface area contributed by atoms with Gasteiger partial charge in [-0.25, -0.2) is 0 Å². The zero-order valence-electron chi connectivity index (χ0n) is 18.7. The number of quaternary nitrogens is 1. The molecule has 0 amide bonds. The molecule has 174 valence electrons. The van der Waals surface area contributed by atoms with Crippen molar-refractivity contribution in [1.29, 1.82) is 0 Å². The van der Waals surface area contributed by atoms with Crippen molar-refractivity contribution in [3.63, 3.8) is 0 Å². The van der Waals surface area contributed by atoms with Gasteiger partial charge in [0.2, 0.25) is 0 Å². The summed E-state index contributed by atoms with van der Waals surface area (Å²) in [6.07, 6.45) is 13.8. The first-order valence-corrected chi connectivity index (χ1v) is 11.4. The molecule has 0 atom stereocenters. The van der Waals surface area contributed by atoms with E-state index in [0.717, 1.165) is 51.5 Å². The Kier molecular flexibility index (Phi) is 16.8. The number of unbranched alkanes of at least 4 members (excludes halogenated alkanes) is 5. The number of carboxylic acid groups (broad SMARTS) is 3. The van der Waals surface area contributed by atoms with Gasteiger partial charge in [-0.3, -0.25) is 9.59 Å². The molecule has 7 heteroatoms. The van der Waals surface area contributed by atoms with E-state index in [0.29, 0.717) is 43.4 Å². The van der Waals surface area contributed by atoms with Crippen molar-refractivity contribution in [2.45, 2.75) is 90.4 Å². The van der Waals surface area contributed by atoms with Gasteiger partial charge in [-0.05, 0) is 38.5 Å². The third kappa shape index (κ3) is 17.0. The minimum Gasteiger partial charge on any atom is -0.550 e. The molecule has 0 aliphatic rings. The SMILES string of the molecule is CCC/C=C/CCCCCC[N+](CCCC(=O)[O-])(CCCC(=O)O)CCCC(=O)O. The van der Waals surface area contributed by atoms with Crippen LogP contribution >= 0.6 is 0 Å². The number of carbonyl (C=O) groups is 3. The number of aliphatic carboxylic acids is 3. The molecule has 0 heterocycles. The molecule has 7 nitrogen and oxygen atoms in total. The second-order valence-electron chi connectivity index (χ2n) is 8.17. The number of hydrogen-bond acceptors (Lipinski definition) is 4. The smallest absolute Gasteiger partial charge is 0.303 e. The summed E-state index contributed by atoms with van der Waals surface area (Å²) in [7, 11) is 0. The Morgan fingerprint density at radius 1 is 0.700 bits per heavy atom. The van der Waals surface area contributed by atoms with E-state index in [-0.39, 0.29) is 19.3 Å². The number of rotatable bonds is 21. The lowest BCUT2D eigenvalue weighted by molar-refractivity contribution is -0.929. The fourth-order valence-electron chi connectivity index (χ4n) is 3.83. The quantitative estimate of drug-likeness (QED) is 0.165. The van der Waals surface area contributed by atoms with Gasteiger partial charge in [0.05, 0.1) is 39.0 Å². The van der Waals surface area contributed by atoms with Crippen LogP contribution in [0.1, 0.15) is 90.4 Å². The largest absolute Gasteiger partial charge is 0.550 e. The van der Waals surface area contributed by atoms with Crippen LogP contribution in [0.15, 0.2) is 12.2 Å². The average Bonchev–Trinajstić information content (AvgIpc) is 2.65. The van der Waals surface area contributed by atoms with E-state index in [9.17, 15) is 19.5 Å². The molecule has 0 aromatic rings. The van der Waals surface area contributed by atoms with E-state index in [4.69, 9.17) is 10.2 Å². The zero-order valence-corrected chi connectivity index (χ0v) is 18.7. The molecule has 0 radical (unpaired) electrons. The van der Waals surface area contributed by atoms with Crippen LogP contribution in [0.4, 0.5) is 0 Å². The maximum absolute atomic E-state index is 10.9. The highest BCUT2D eigenvalue weighted by molar-refractivity contribution is 5.66. The van der Waals surface area contributed by atoms with Gasteiger partial charge >= 0.3 is 11.9 Å². The minimum atomic E-state index is -1.08. The van der Waals surface area contributed by atoms with Gasteiger partial charge in [-0.2, -0.15) is 0 Å². The first-order chi connectivity index (χ1) is 14.3. The normalized spacial score (nSPS) is 11.8. The third-order valence-electron chi connectivity index (χ3n) is 5.43. The second-order valence-corrected chi connectivity index (χ2v) is 8.17. The van der Waals surface area contributed by atoms with Crippen LogP contribution in [0, 0.1) is 0 Å². The van der Waals surface area contributed by atoms with E-state index in [1.807, 2.05) is 0 Å². The van der Waals surface area contributed by atoms with Crippen LogP contribution in [-0.2, 0) is 14.4 Å². The molecule has 0 spiro atoms. The monoisotopic (exact) mass is 427 g/mol. The summed E-state index contributed by atoms with van der Waals surface area (Å²) in [4.78, 5) is 32.7. The van der Waals surface area contributed by atoms with Crippen LogP contribution in [0.25, 0.3) is 0 Å². The molecular formula is C23H41NO6. The summed E-state index contributed by atoms with van der Waals surface area (Å²) >= 11 is 0. The molecule has 0 aromatic heterocycles. The van der Waals surface area contributed by atoms with Crippen LogP contribution in [0.3, 0.4) is 0 Å². The third-order valence-corrected chi connectivity index (χ3v) is 5.43. The van der Waals surface area contributed by atoms with Gasteiger partial charge in [-0.1, -0.05) is 31.9 Å². The lowest BCUT2D eigenvalue weighted by Crippen LogP contribution is -2.51. The number of allylic oxidation sites excluding steroid dienone is 2. The molecular weight excluding hydrogens is 386 g/mol. The number of hydrogen-bond donors (Lipinski definition) is 2. The Bertz CT molecular complexity index is 468. The standard InChI is InChI=1S/C23H41NO6/c1-2-3-4-5-6-7-8-9-10-17-24(18-11-14-21(25)26,19-12-15-22(27)28)20-13-16-23(29)30/h4-5H,2-3,6-20H2,1H3,(H2-,25,26,27,28,29,30)/b5-4+. The second kappa shape index (κ2) is 17.9. The van der Waals surface area contributed by atoms with Crippen molar-refractivity contribution < 1.29 is 34.2 Å². The predicted octanol–water partition coefficient (Wildman–Crippen LogP) is 3.37. The zero-order chi connectivity index (χ0) is 22.7. The van der Waals surface area contributed by atoms with Crippen molar-refractivity contribution in [3.05, 3.63) is 12.2 Å². The molecule has 0 fully saturated rings. The minimum absolute atomic E-state index is 0.0258. The predicted molar refractivity (Wildman–Crippen MR) is 115 cm³/mol. The summed E-state index contributed by atoms with van der Waals surface area (Å²) in [5.41, 5.74) is 0. The summed E-state index contributed by atoms with van der Waals surface area (Å²) in [6.45, 7) is 4.89. The molecule has 0 saturated heterocycles. The molecule has 0 bridgehead atoms. The maximum atomic E-state index is 10.9. The molecule has 2 N–H and O–H groups in total. The van der Waals surface area contributed by atoms with Crippen molar-refractivity contribution in [1.82, 2.24) is 0 Å². The van der Waals surface area contributed by atoms with E-state index < -0.39 is 17.9 Å². The van der Waals surface area contributed by atoms with Gasteiger partial charge < -0.3 is 24.6 Å². The topological polar surface area (TPSA) is 115 Å². The molecule has 0 saturated carbocycles. The Morgan fingerprint density at radius 2 is 1.17 bits per heavy atom. The van der Waals surface area contributed by atoms with Crippen molar-refractivity contribution in [2.75, 3.05) is 26.2 Å². The number of carbonyl (C=O) groups excluding carboxylic acids is 1. The first-order valence-electron chi connectivity index (χ1n) is 11.4. The van der Waals surface area contributed by atoms with Gasteiger partial charge in [0.1, 0.15) is 0 Å². The molecule has 0 aromatic carbocycles. The maximum Gasteiger partial charge on any atom is 0.303 e. The van der Waals surface area contributed by atoms with Gasteiger partial charge in [-0.15, -0.1) is 0 Å². The Labute approximate surface area is 181 Å². The summed E-state index contributed by atoms with van der Waals surface area (Å²) in [5, 5.41) is 28.8. The Morgan fingerprint density at radius 3 is 1.67 bits per heavy atom. The van der Waals surface area contributed by atoms with E-state index in [1.165, 1.54) is 0 Å². The Balaban J connectivity index is 4.74. The molecule has 0 aliphatic carbocycles. The number of nitrogens with zero attached hydrogens (tertiary/aromatic N) is 1. The van der Waals surface area contributed by atoms with Crippen LogP contribution < -0.4 is 5.11 Å². The highest BCUT2D eigenvalue weighted by Gasteiger charge is 2.26. The highest BCUT2D eigenvalue weighted by Crippen LogP contribution is 2.18. The molecule has 0 unspecified atom stereocenters. The fourth-order valence-corrected chi connectivity index (χ4v) is 3.83. The van der Waals surface area contributed by atoms with Gasteiger partial charge in [0.25, 0.3) is 0 Å². The summed E-state index contributed by atoms with van der Waals surface area (Å²) in [5.74, 6) is -2.77. The van der Waals surface area contributed by atoms with Crippen LogP contribution in [-0.4, -0.2) is 58.8 Å². The Hall–Kier alpha value is -1.89. The van der Waals surface area contributed by atoms with E-state index in [2.05, 4.69) is 19.1 Å². The summed E-state index contributed by atoms with van der Waals surface area (Å²) < 4.78 is 0.601. The lowest BCUT2D eigenvalue weighted by atomic mass is 10.1. The van der Waals surface area contributed by atoms with Crippen molar-refractivity contribution >= 4 is 17.9 Å². The van der Waals surface area contributed by atoms with Crippen molar-refractivity contribution in [2.24, 2.45) is 0 Å².